The number of primary amides is 1. The Morgan fingerprint density at radius 2 is 1.72 bits per heavy atom. The highest BCUT2D eigenvalue weighted by Gasteiger charge is 2.36. The smallest absolute Gasteiger partial charge is 0.279 e. The number of aromatic nitrogens is 2. The van der Waals surface area contributed by atoms with E-state index in [1.165, 1.54) is 30.5 Å². The van der Waals surface area contributed by atoms with E-state index >= 15 is 0 Å². The third-order valence-corrected chi connectivity index (χ3v) is 7.65. The number of nitrogens with one attached hydrogen (secondary N) is 1. The molecule has 1 aromatic heterocycles. The lowest BCUT2D eigenvalue weighted by Gasteiger charge is -2.11. The summed E-state index contributed by atoms with van der Waals surface area (Å²) >= 11 is 0. The maximum Gasteiger partial charge on any atom is 0.279 e. The van der Waals surface area contributed by atoms with E-state index in [0.717, 1.165) is 31.9 Å². The van der Waals surface area contributed by atoms with Crippen LogP contribution in [0.3, 0.4) is 0 Å². The number of hydrogen-bond acceptors (Lipinski definition) is 8. The first kappa shape index (κ1) is 21.9. The van der Waals surface area contributed by atoms with Crippen molar-refractivity contribution in [3.8, 4) is 0 Å². The van der Waals surface area contributed by atoms with Gasteiger partial charge in [0.05, 0.1) is 22.5 Å². The molecule has 0 bridgehead atoms. The van der Waals surface area contributed by atoms with Crippen molar-refractivity contribution in [2.75, 3.05) is 5.32 Å². The van der Waals surface area contributed by atoms with Crippen LogP contribution in [0, 0.1) is 0 Å². The Hall–Kier alpha value is -3.34. The molecule has 0 aliphatic heterocycles. The zero-order chi connectivity index (χ0) is 22.7. The molecule has 0 unspecified atom stereocenters. The quantitative estimate of drug-likeness (QED) is 0.452. The van der Waals surface area contributed by atoms with Gasteiger partial charge in [-0.3, -0.25) is 9.59 Å². The first-order valence-corrected chi connectivity index (χ1v) is 11.9. The second-order valence-corrected chi connectivity index (χ2v) is 10.1. The first-order valence-electron chi connectivity index (χ1n) is 10.4. The molecule has 1 aromatic carbocycles. The second kappa shape index (κ2) is 9.03. The van der Waals surface area contributed by atoms with E-state index in [-0.39, 0.29) is 33.5 Å². The van der Waals surface area contributed by atoms with E-state index in [0.29, 0.717) is 18.4 Å². The minimum atomic E-state index is -3.34. The fraction of sp³-hybridized carbons (Fsp3) is 0.381. The number of anilines is 1. The fourth-order valence-corrected chi connectivity index (χ4v) is 5.07. The number of oxime groups is 1. The van der Waals surface area contributed by atoms with Gasteiger partial charge in [0.1, 0.15) is 11.8 Å². The molecule has 2 fully saturated rings. The number of hydrogen-bond donors (Lipinski definition) is 2. The van der Waals surface area contributed by atoms with Crippen molar-refractivity contribution in [3.63, 3.8) is 0 Å². The number of nitrogens with zero attached hydrogens (tertiary/aromatic N) is 3. The van der Waals surface area contributed by atoms with Gasteiger partial charge in [0.15, 0.2) is 21.4 Å². The lowest BCUT2D eigenvalue weighted by molar-refractivity contribution is -0.110. The van der Waals surface area contributed by atoms with E-state index in [4.69, 9.17) is 10.6 Å². The van der Waals surface area contributed by atoms with Gasteiger partial charge in [0, 0.05) is 5.56 Å². The summed E-state index contributed by atoms with van der Waals surface area (Å²) < 4.78 is 24.9. The van der Waals surface area contributed by atoms with Crippen molar-refractivity contribution in [1.29, 1.82) is 0 Å². The van der Waals surface area contributed by atoms with E-state index in [1.807, 2.05) is 0 Å². The zero-order valence-corrected chi connectivity index (χ0v) is 18.0. The standard InChI is InChI=1S/C21H23N5O5S/c22-20(27)17-11-24-18(12-23-17)25-21(28)19(26-31-14-3-1-2-4-14)13-5-7-15(8-6-13)32(29,30)16-9-10-16/h5-8,11-12,14,16H,1-4,9-10H2,(H2,22,27)(H,24,25,28). The first-order chi connectivity index (χ1) is 15.3. The SMILES string of the molecule is NC(=O)c1cnc(NC(=O)C(=NOC2CCCC2)c2ccc(S(=O)(=O)C3CC3)cc2)cn1. The van der Waals surface area contributed by atoms with Crippen LogP contribution in [0.4, 0.5) is 5.82 Å². The Balaban J connectivity index is 1.57. The molecule has 0 saturated heterocycles. The number of nitrogens with two attached hydrogens (primary N) is 1. The van der Waals surface area contributed by atoms with Crippen LogP contribution in [0.2, 0.25) is 0 Å². The van der Waals surface area contributed by atoms with Gasteiger partial charge in [-0.05, 0) is 50.7 Å². The number of benzene rings is 1. The van der Waals surface area contributed by atoms with Crippen molar-refractivity contribution < 1.29 is 22.8 Å². The number of carbonyl (C=O) groups excluding carboxylic acids is 2. The van der Waals surface area contributed by atoms with E-state index in [1.54, 1.807) is 0 Å². The molecule has 0 atom stereocenters. The molecule has 168 valence electrons. The summed E-state index contributed by atoms with van der Waals surface area (Å²) in [5, 5.41) is 6.33. The molecule has 2 aromatic rings. The molecule has 10 nitrogen and oxygen atoms in total. The monoisotopic (exact) mass is 457 g/mol. The van der Waals surface area contributed by atoms with Crippen LogP contribution in [0.1, 0.15) is 54.6 Å². The molecule has 2 aliphatic rings. The Labute approximate surface area is 185 Å². The van der Waals surface area contributed by atoms with Gasteiger partial charge in [-0.15, -0.1) is 0 Å². The van der Waals surface area contributed by atoms with E-state index < -0.39 is 21.7 Å². The Bertz CT molecular complexity index is 1140. The van der Waals surface area contributed by atoms with Crippen molar-refractivity contribution in [2.24, 2.45) is 10.9 Å². The van der Waals surface area contributed by atoms with Gasteiger partial charge in [0.25, 0.3) is 11.8 Å². The molecule has 3 N–H and O–H groups in total. The van der Waals surface area contributed by atoms with Crippen molar-refractivity contribution >= 4 is 33.2 Å². The third-order valence-electron chi connectivity index (χ3n) is 5.38. The van der Waals surface area contributed by atoms with Gasteiger partial charge < -0.3 is 15.9 Å². The van der Waals surface area contributed by atoms with E-state index in [9.17, 15) is 18.0 Å². The molecule has 2 saturated carbocycles. The topological polar surface area (TPSA) is 154 Å². The maximum absolute atomic E-state index is 12.9. The van der Waals surface area contributed by atoms with Crippen molar-refractivity contribution in [2.45, 2.75) is 54.8 Å². The van der Waals surface area contributed by atoms with Gasteiger partial charge in [-0.2, -0.15) is 0 Å². The van der Waals surface area contributed by atoms with Crippen molar-refractivity contribution in [3.05, 3.63) is 47.9 Å². The highest BCUT2D eigenvalue weighted by Crippen LogP contribution is 2.33. The normalized spacial score (nSPS) is 17.2. The molecule has 0 spiro atoms. The van der Waals surface area contributed by atoms with Crippen LogP contribution >= 0.6 is 0 Å². The largest absolute Gasteiger partial charge is 0.392 e. The summed E-state index contributed by atoms with van der Waals surface area (Å²) in [6, 6.07) is 6.02. The lowest BCUT2D eigenvalue weighted by atomic mass is 10.1. The summed E-state index contributed by atoms with van der Waals surface area (Å²) in [7, 11) is -3.34. The third kappa shape index (κ3) is 4.93. The maximum atomic E-state index is 12.9. The Kier molecular flexibility index (Phi) is 6.17. The number of amides is 2. The molecule has 2 aliphatic carbocycles. The minimum Gasteiger partial charge on any atom is -0.392 e. The average Bonchev–Trinajstić information content (AvgIpc) is 3.52. The van der Waals surface area contributed by atoms with E-state index in [2.05, 4.69) is 20.4 Å². The van der Waals surface area contributed by atoms with Crippen LogP contribution in [0.5, 0.6) is 0 Å². The number of carbonyl (C=O) groups is 2. The predicted octanol–water partition coefficient (Wildman–Crippen LogP) is 1.81. The van der Waals surface area contributed by atoms with Crippen LogP contribution in [-0.4, -0.2) is 47.3 Å². The van der Waals surface area contributed by atoms with Crippen LogP contribution in [-0.2, 0) is 19.5 Å². The summed E-state index contributed by atoms with van der Waals surface area (Å²) in [6.45, 7) is 0. The van der Waals surface area contributed by atoms with Gasteiger partial charge in [-0.25, -0.2) is 18.4 Å². The second-order valence-electron chi connectivity index (χ2n) is 7.83. The predicted molar refractivity (Wildman–Crippen MR) is 116 cm³/mol. The lowest BCUT2D eigenvalue weighted by Crippen LogP contribution is -2.26. The highest BCUT2D eigenvalue weighted by molar-refractivity contribution is 7.92. The molecule has 1 heterocycles. The summed E-state index contributed by atoms with van der Waals surface area (Å²) in [5.41, 5.74) is 5.49. The summed E-state index contributed by atoms with van der Waals surface area (Å²) in [4.78, 5) is 37.7. The molecule has 11 heteroatoms. The average molecular weight is 458 g/mol. The van der Waals surface area contributed by atoms with Gasteiger partial charge in [-0.1, -0.05) is 17.3 Å². The van der Waals surface area contributed by atoms with Crippen LogP contribution < -0.4 is 11.1 Å². The minimum absolute atomic E-state index is 0.0203. The molecule has 0 radical (unpaired) electrons. The molecular weight excluding hydrogens is 434 g/mol. The fourth-order valence-electron chi connectivity index (χ4n) is 3.41. The molecular formula is C21H23N5O5S. The number of sulfone groups is 1. The Morgan fingerprint density at radius 1 is 1.03 bits per heavy atom. The molecule has 4 rings (SSSR count). The Morgan fingerprint density at radius 3 is 2.28 bits per heavy atom. The molecule has 2 amide bonds. The van der Waals surface area contributed by atoms with Gasteiger partial charge >= 0.3 is 0 Å². The van der Waals surface area contributed by atoms with Gasteiger partial charge in [0.2, 0.25) is 0 Å². The van der Waals surface area contributed by atoms with Crippen LogP contribution in [0.25, 0.3) is 0 Å². The van der Waals surface area contributed by atoms with Crippen molar-refractivity contribution in [1.82, 2.24) is 9.97 Å². The summed E-state index contributed by atoms with van der Waals surface area (Å²) in [5.74, 6) is -1.24. The molecule has 32 heavy (non-hydrogen) atoms. The number of rotatable bonds is 8. The highest BCUT2D eigenvalue weighted by atomic mass is 32.2. The van der Waals surface area contributed by atoms with Crippen LogP contribution in [0.15, 0.2) is 46.7 Å². The zero-order valence-electron chi connectivity index (χ0n) is 17.2. The summed E-state index contributed by atoms with van der Waals surface area (Å²) in [6.07, 6.45) is 7.43.